The average molecular weight is 408 g/mol. The Balaban J connectivity index is 2.50. The third-order valence-electron chi connectivity index (χ3n) is 4.60. The van der Waals surface area contributed by atoms with E-state index in [0.717, 1.165) is 42.7 Å². The van der Waals surface area contributed by atoms with Crippen molar-refractivity contribution >= 4 is 17.7 Å². The molecule has 8 nitrogen and oxygen atoms in total. The molecule has 0 aromatic heterocycles. The first kappa shape index (κ1) is 24.4. The number of unbranched alkanes of at least 4 members (excludes halogenated alkanes) is 4. The van der Waals surface area contributed by atoms with Gasteiger partial charge in [0, 0.05) is 6.42 Å². The largest absolute Gasteiger partial charge is 0.508 e. The molecule has 162 valence electrons. The molecule has 0 saturated heterocycles. The lowest BCUT2D eigenvalue weighted by Gasteiger charge is -2.22. The lowest BCUT2D eigenvalue weighted by atomic mass is 10.1. The zero-order chi connectivity index (χ0) is 21.6. The van der Waals surface area contributed by atoms with Crippen LogP contribution in [-0.4, -0.2) is 47.6 Å². The molecule has 8 heteroatoms. The van der Waals surface area contributed by atoms with Gasteiger partial charge in [-0.3, -0.25) is 19.2 Å². The summed E-state index contributed by atoms with van der Waals surface area (Å²) in [5, 5.41) is 13.0. The molecular formula is C21H33N3O5. The van der Waals surface area contributed by atoms with Crippen LogP contribution in [0.2, 0.25) is 0 Å². The number of nitrogens with zero attached hydrogens (tertiary/aromatic N) is 1. The number of aromatic hydroxyl groups is 1. The van der Waals surface area contributed by atoms with E-state index in [-0.39, 0.29) is 24.6 Å². The third kappa shape index (κ3) is 9.94. The molecular weight excluding hydrogens is 374 g/mol. The molecule has 0 spiro atoms. The topological polar surface area (TPSA) is 122 Å². The Morgan fingerprint density at radius 1 is 1.14 bits per heavy atom. The number of carbonyl (C=O) groups excluding carboxylic acids is 3. The second-order valence-corrected chi connectivity index (χ2v) is 6.99. The van der Waals surface area contributed by atoms with Gasteiger partial charge in [0.05, 0.1) is 20.1 Å². The lowest BCUT2D eigenvalue weighted by Crippen LogP contribution is -2.47. The van der Waals surface area contributed by atoms with Crippen molar-refractivity contribution in [1.29, 1.82) is 0 Å². The smallest absolute Gasteiger partial charge is 0.248 e. The minimum absolute atomic E-state index is 0.166. The number of phenols is 1. The first-order valence-electron chi connectivity index (χ1n) is 10.1. The number of amides is 3. The second-order valence-electron chi connectivity index (χ2n) is 6.99. The van der Waals surface area contributed by atoms with Crippen molar-refractivity contribution in [3.8, 4) is 5.75 Å². The minimum atomic E-state index is -1.07. The molecule has 0 aliphatic heterocycles. The Morgan fingerprint density at radius 3 is 2.38 bits per heavy atom. The van der Waals surface area contributed by atoms with E-state index in [1.165, 1.54) is 7.11 Å². The van der Waals surface area contributed by atoms with Gasteiger partial charge < -0.3 is 16.2 Å². The fourth-order valence-electron chi connectivity index (χ4n) is 2.87. The molecule has 0 radical (unpaired) electrons. The summed E-state index contributed by atoms with van der Waals surface area (Å²) in [7, 11) is 1.36. The van der Waals surface area contributed by atoms with Crippen LogP contribution in [-0.2, 0) is 25.6 Å². The Kier molecular flexibility index (Phi) is 11.4. The van der Waals surface area contributed by atoms with Crippen molar-refractivity contribution in [2.45, 2.75) is 64.3 Å². The third-order valence-corrected chi connectivity index (χ3v) is 4.60. The Bertz CT molecular complexity index is 648. The molecule has 3 amide bonds. The molecule has 0 bridgehead atoms. The number of rotatable bonds is 14. The summed E-state index contributed by atoms with van der Waals surface area (Å²) in [5.74, 6) is -1.32. The van der Waals surface area contributed by atoms with E-state index >= 15 is 0 Å². The Labute approximate surface area is 172 Å². The number of primary amides is 1. The molecule has 0 unspecified atom stereocenters. The monoisotopic (exact) mass is 407 g/mol. The predicted molar refractivity (Wildman–Crippen MR) is 110 cm³/mol. The van der Waals surface area contributed by atoms with E-state index in [9.17, 15) is 19.5 Å². The standard InChI is InChI=1S/C21H33N3O5/c1-3-4-5-6-7-8-19(26)23-18(21(22)28)15-20(27)24(29-2)14-13-16-9-11-17(25)12-10-16/h9-12,18,25H,3-8,13-15H2,1-2H3,(H2,22,28)(H,23,26)/t18-/m1/s1. The van der Waals surface area contributed by atoms with Gasteiger partial charge >= 0.3 is 0 Å². The van der Waals surface area contributed by atoms with E-state index in [0.29, 0.717) is 12.8 Å². The van der Waals surface area contributed by atoms with Gasteiger partial charge in [-0.25, -0.2) is 5.06 Å². The van der Waals surface area contributed by atoms with Crippen LogP contribution >= 0.6 is 0 Å². The number of nitrogens with two attached hydrogens (primary N) is 1. The fourth-order valence-corrected chi connectivity index (χ4v) is 2.87. The van der Waals surface area contributed by atoms with Crippen molar-refractivity contribution in [3.63, 3.8) is 0 Å². The SMILES string of the molecule is CCCCCCCC(=O)N[C@H](CC(=O)N(CCc1ccc(O)cc1)OC)C(N)=O. The summed E-state index contributed by atoms with van der Waals surface area (Å²) in [6, 6.07) is 5.56. The number of carbonyl (C=O) groups is 3. The van der Waals surface area contributed by atoms with E-state index in [2.05, 4.69) is 12.2 Å². The van der Waals surface area contributed by atoms with Crippen molar-refractivity contribution in [1.82, 2.24) is 10.4 Å². The van der Waals surface area contributed by atoms with Gasteiger partial charge in [0.15, 0.2) is 0 Å². The van der Waals surface area contributed by atoms with Crippen molar-refractivity contribution in [2.24, 2.45) is 5.73 Å². The second kappa shape index (κ2) is 13.5. The number of hydroxylamine groups is 2. The molecule has 0 saturated carbocycles. The summed E-state index contributed by atoms with van der Waals surface area (Å²) >= 11 is 0. The van der Waals surface area contributed by atoms with Gasteiger partial charge in [0.1, 0.15) is 11.8 Å². The van der Waals surface area contributed by atoms with Gasteiger partial charge in [-0.1, -0.05) is 44.7 Å². The van der Waals surface area contributed by atoms with Crippen molar-refractivity contribution in [3.05, 3.63) is 29.8 Å². The summed E-state index contributed by atoms with van der Waals surface area (Å²) in [6.07, 6.45) is 5.57. The maximum atomic E-state index is 12.5. The van der Waals surface area contributed by atoms with E-state index in [4.69, 9.17) is 10.6 Å². The minimum Gasteiger partial charge on any atom is -0.508 e. The predicted octanol–water partition coefficient (Wildman–Crippen LogP) is 2.05. The highest BCUT2D eigenvalue weighted by molar-refractivity contribution is 5.90. The molecule has 0 aliphatic rings. The number of benzene rings is 1. The van der Waals surface area contributed by atoms with Crippen LogP contribution in [0.15, 0.2) is 24.3 Å². The molecule has 0 aliphatic carbocycles. The summed E-state index contributed by atoms with van der Waals surface area (Å²) in [5.41, 5.74) is 6.28. The van der Waals surface area contributed by atoms with E-state index in [1.807, 2.05) is 0 Å². The zero-order valence-electron chi connectivity index (χ0n) is 17.4. The van der Waals surface area contributed by atoms with Crippen LogP contribution in [0.1, 0.15) is 57.4 Å². The fraction of sp³-hybridized carbons (Fsp3) is 0.571. The van der Waals surface area contributed by atoms with Crippen LogP contribution < -0.4 is 11.1 Å². The van der Waals surface area contributed by atoms with Crippen molar-refractivity contribution < 1.29 is 24.3 Å². The van der Waals surface area contributed by atoms with Crippen molar-refractivity contribution in [2.75, 3.05) is 13.7 Å². The summed E-state index contributed by atoms with van der Waals surface area (Å²) in [6.45, 7) is 2.38. The molecule has 0 fully saturated rings. The Morgan fingerprint density at radius 2 is 1.79 bits per heavy atom. The lowest BCUT2D eigenvalue weighted by molar-refractivity contribution is -0.176. The molecule has 4 N–H and O–H groups in total. The first-order chi connectivity index (χ1) is 13.9. The van der Waals surface area contributed by atoms with Crippen LogP contribution in [0.5, 0.6) is 5.75 Å². The van der Waals surface area contributed by atoms with E-state index in [1.54, 1.807) is 24.3 Å². The van der Waals surface area contributed by atoms with Gasteiger partial charge in [0.25, 0.3) is 0 Å². The molecule has 1 atom stereocenters. The Hall–Kier alpha value is -2.61. The van der Waals surface area contributed by atoms with Crippen LogP contribution in [0, 0.1) is 0 Å². The number of hydrogen-bond acceptors (Lipinski definition) is 5. The zero-order valence-corrected chi connectivity index (χ0v) is 17.4. The average Bonchev–Trinajstić information content (AvgIpc) is 2.69. The number of phenolic OH excluding ortho intramolecular Hbond substituents is 1. The molecule has 0 heterocycles. The summed E-state index contributed by atoms with van der Waals surface area (Å²) < 4.78 is 0. The molecule has 29 heavy (non-hydrogen) atoms. The van der Waals surface area contributed by atoms with Gasteiger partial charge in [-0.2, -0.15) is 0 Å². The van der Waals surface area contributed by atoms with Gasteiger partial charge in [-0.15, -0.1) is 0 Å². The maximum Gasteiger partial charge on any atom is 0.248 e. The van der Waals surface area contributed by atoms with Gasteiger partial charge in [-0.05, 0) is 30.5 Å². The first-order valence-corrected chi connectivity index (χ1v) is 10.1. The highest BCUT2D eigenvalue weighted by Gasteiger charge is 2.24. The highest BCUT2D eigenvalue weighted by atomic mass is 16.7. The number of nitrogens with one attached hydrogen (secondary N) is 1. The maximum absolute atomic E-state index is 12.5. The van der Waals surface area contributed by atoms with Crippen LogP contribution in [0.25, 0.3) is 0 Å². The van der Waals surface area contributed by atoms with Crippen LogP contribution in [0.3, 0.4) is 0 Å². The molecule has 1 rings (SSSR count). The van der Waals surface area contributed by atoms with Crippen LogP contribution in [0.4, 0.5) is 0 Å². The van der Waals surface area contributed by atoms with Gasteiger partial charge in [0.2, 0.25) is 17.7 Å². The molecule has 1 aromatic carbocycles. The number of hydrogen-bond donors (Lipinski definition) is 3. The normalized spacial score (nSPS) is 11.7. The quantitative estimate of drug-likeness (QED) is 0.322. The summed E-state index contributed by atoms with van der Waals surface area (Å²) in [4.78, 5) is 41.3. The van der Waals surface area contributed by atoms with E-state index < -0.39 is 17.9 Å². The molecule has 1 aromatic rings. The highest BCUT2D eigenvalue weighted by Crippen LogP contribution is 2.11.